The first-order valence-corrected chi connectivity index (χ1v) is 10.1. The smallest absolute Gasteiger partial charge is 0.191 e. The lowest BCUT2D eigenvalue weighted by molar-refractivity contribution is 0.0529. The van der Waals surface area contributed by atoms with Gasteiger partial charge in [-0.05, 0) is 32.4 Å². The van der Waals surface area contributed by atoms with Crippen LogP contribution in [0.2, 0.25) is 0 Å². The predicted molar refractivity (Wildman–Crippen MR) is 110 cm³/mol. The van der Waals surface area contributed by atoms with Gasteiger partial charge >= 0.3 is 0 Å². The number of nitrogens with zero attached hydrogens (tertiary/aromatic N) is 4. The monoisotopic (exact) mass is 388 g/mol. The molecule has 2 aromatic heterocycles. The Labute approximate surface area is 164 Å². The number of pyridine rings is 1. The van der Waals surface area contributed by atoms with Gasteiger partial charge in [0.2, 0.25) is 0 Å². The fourth-order valence-electron chi connectivity index (χ4n) is 2.92. The van der Waals surface area contributed by atoms with E-state index in [1.807, 2.05) is 13.1 Å². The van der Waals surface area contributed by atoms with E-state index in [0.29, 0.717) is 13.1 Å². The number of nitrogens with one attached hydrogen (secondary N) is 2. The second kappa shape index (κ2) is 9.14. The van der Waals surface area contributed by atoms with Crippen LogP contribution in [-0.4, -0.2) is 48.8 Å². The van der Waals surface area contributed by atoms with E-state index >= 15 is 0 Å². The van der Waals surface area contributed by atoms with Gasteiger partial charge in [0.05, 0.1) is 24.9 Å². The molecule has 0 saturated carbocycles. The second-order valence-electron chi connectivity index (χ2n) is 6.68. The number of thiazole rings is 1. The summed E-state index contributed by atoms with van der Waals surface area (Å²) in [6.45, 7) is 10.1. The fourth-order valence-corrected chi connectivity index (χ4v) is 3.79. The molecule has 0 spiro atoms. The zero-order valence-corrected chi connectivity index (χ0v) is 17.3. The van der Waals surface area contributed by atoms with Gasteiger partial charge in [0.25, 0.3) is 0 Å². The number of aromatic nitrogens is 2. The molecule has 2 N–H and O–H groups in total. The molecule has 0 aliphatic carbocycles. The zero-order valence-electron chi connectivity index (χ0n) is 16.5. The average Bonchev–Trinajstić information content (AvgIpc) is 3.00. The summed E-state index contributed by atoms with van der Waals surface area (Å²) in [5.41, 5.74) is 2.21. The quantitative estimate of drug-likeness (QED) is 0.604. The van der Waals surface area contributed by atoms with Crippen molar-refractivity contribution in [3.8, 4) is 0 Å². The van der Waals surface area contributed by atoms with E-state index in [0.717, 1.165) is 47.7 Å². The molecule has 0 radical (unpaired) electrons. The van der Waals surface area contributed by atoms with Crippen molar-refractivity contribution in [1.82, 2.24) is 20.6 Å². The molecule has 1 unspecified atom stereocenters. The molecule has 1 fully saturated rings. The Kier molecular flexibility index (Phi) is 6.63. The minimum atomic E-state index is 0.252. The van der Waals surface area contributed by atoms with Gasteiger partial charge < -0.3 is 20.3 Å². The lowest BCUT2D eigenvalue weighted by atomic mass is 10.2. The first kappa shape index (κ1) is 19.6. The molecular formula is C19H28N6OS. The summed E-state index contributed by atoms with van der Waals surface area (Å²) in [6, 6.07) is 4.18. The molecule has 27 heavy (non-hydrogen) atoms. The summed E-state index contributed by atoms with van der Waals surface area (Å²) in [4.78, 5) is 17.0. The first-order valence-electron chi connectivity index (χ1n) is 9.24. The Bertz CT molecular complexity index is 754. The molecule has 1 aliphatic rings. The molecule has 2 aromatic rings. The molecule has 3 rings (SSSR count). The van der Waals surface area contributed by atoms with E-state index in [-0.39, 0.29) is 6.10 Å². The Morgan fingerprint density at radius 2 is 2.15 bits per heavy atom. The van der Waals surface area contributed by atoms with E-state index < -0.39 is 0 Å². The highest BCUT2D eigenvalue weighted by Gasteiger charge is 2.17. The molecule has 0 bridgehead atoms. The maximum atomic E-state index is 5.59. The number of rotatable bonds is 5. The Morgan fingerprint density at radius 3 is 2.78 bits per heavy atom. The van der Waals surface area contributed by atoms with Gasteiger partial charge in [0.1, 0.15) is 10.8 Å². The molecule has 8 heteroatoms. The number of guanidine groups is 1. The summed E-state index contributed by atoms with van der Waals surface area (Å²) < 4.78 is 5.59. The van der Waals surface area contributed by atoms with Crippen LogP contribution in [0.5, 0.6) is 0 Å². The fraction of sp³-hybridized carbons (Fsp3) is 0.526. The van der Waals surface area contributed by atoms with E-state index in [9.17, 15) is 0 Å². The zero-order chi connectivity index (χ0) is 19.2. The van der Waals surface area contributed by atoms with E-state index in [1.54, 1.807) is 18.4 Å². The van der Waals surface area contributed by atoms with Crippen molar-refractivity contribution in [2.45, 2.75) is 40.0 Å². The number of aryl methyl sites for hydroxylation is 2. The third-order valence-electron chi connectivity index (χ3n) is 4.54. The minimum absolute atomic E-state index is 0.252. The molecule has 1 aliphatic heterocycles. The van der Waals surface area contributed by atoms with Crippen molar-refractivity contribution in [2.75, 3.05) is 31.6 Å². The highest BCUT2D eigenvalue weighted by Crippen LogP contribution is 2.16. The molecule has 7 nitrogen and oxygen atoms in total. The van der Waals surface area contributed by atoms with Crippen LogP contribution < -0.4 is 15.5 Å². The van der Waals surface area contributed by atoms with Gasteiger partial charge in [-0.2, -0.15) is 0 Å². The predicted octanol–water partition coefficient (Wildman–Crippen LogP) is 2.25. The van der Waals surface area contributed by atoms with E-state index in [1.165, 1.54) is 4.88 Å². The second-order valence-corrected chi connectivity index (χ2v) is 7.97. The highest BCUT2D eigenvalue weighted by atomic mass is 32.1. The molecular weight excluding hydrogens is 360 g/mol. The SMILES string of the molecule is CN=C(NCc1ccc(N2CCOC(C)C2)nc1)NCc1nc(C)c(C)s1. The van der Waals surface area contributed by atoms with Crippen LogP contribution in [0.3, 0.4) is 0 Å². The van der Waals surface area contributed by atoms with Crippen molar-refractivity contribution >= 4 is 23.1 Å². The highest BCUT2D eigenvalue weighted by molar-refractivity contribution is 7.11. The lowest BCUT2D eigenvalue weighted by Crippen LogP contribution is -2.41. The number of hydrogen-bond donors (Lipinski definition) is 2. The molecule has 3 heterocycles. The Hall–Kier alpha value is -2.19. The van der Waals surface area contributed by atoms with Gasteiger partial charge in [-0.1, -0.05) is 6.07 Å². The first-order chi connectivity index (χ1) is 13.0. The molecule has 1 saturated heterocycles. The maximum absolute atomic E-state index is 5.59. The van der Waals surface area contributed by atoms with Gasteiger partial charge in [-0.15, -0.1) is 11.3 Å². The van der Waals surface area contributed by atoms with Crippen molar-refractivity contribution in [3.63, 3.8) is 0 Å². The van der Waals surface area contributed by atoms with Gasteiger partial charge in [0, 0.05) is 37.8 Å². The van der Waals surface area contributed by atoms with Crippen LogP contribution in [0.4, 0.5) is 5.82 Å². The standard InChI is InChI=1S/C19H28N6OS/c1-13-12-25(7-8-26-13)17-6-5-16(9-21-17)10-22-19(20-4)23-11-18-24-14(2)15(3)27-18/h5-6,9,13H,7-8,10-12H2,1-4H3,(H2,20,22,23). The van der Waals surface area contributed by atoms with Crippen LogP contribution in [0.25, 0.3) is 0 Å². The molecule has 0 aromatic carbocycles. The largest absolute Gasteiger partial charge is 0.375 e. The van der Waals surface area contributed by atoms with Crippen LogP contribution in [0.1, 0.15) is 28.1 Å². The van der Waals surface area contributed by atoms with E-state index in [4.69, 9.17) is 4.74 Å². The van der Waals surface area contributed by atoms with Crippen molar-refractivity contribution in [1.29, 1.82) is 0 Å². The molecule has 1 atom stereocenters. The minimum Gasteiger partial charge on any atom is -0.375 e. The van der Waals surface area contributed by atoms with E-state index in [2.05, 4.69) is 56.5 Å². The lowest BCUT2D eigenvalue weighted by Gasteiger charge is -2.32. The van der Waals surface area contributed by atoms with Gasteiger partial charge in [0.15, 0.2) is 5.96 Å². The topological polar surface area (TPSA) is 74.7 Å². The van der Waals surface area contributed by atoms with Crippen LogP contribution in [0.15, 0.2) is 23.3 Å². The van der Waals surface area contributed by atoms with Crippen molar-refractivity contribution in [2.24, 2.45) is 4.99 Å². The third kappa shape index (κ3) is 5.40. The Balaban J connectivity index is 1.49. The van der Waals surface area contributed by atoms with Crippen LogP contribution >= 0.6 is 11.3 Å². The van der Waals surface area contributed by atoms with Gasteiger partial charge in [-0.25, -0.2) is 9.97 Å². The number of anilines is 1. The third-order valence-corrected chi connectivity index (χ3v) is 5.61. The summed E-state index contributed by atoms with van der Waals surface area (Å²) in [6.07, 6.45) is 2.17. The maximum Gasteiger partial charge on any atom is 0.191 e. The summed E-state index contributed by atoms with van der Waals surface area (Å²) in [5, 5.41) is 7.70. The number of morpholine rings is 1. The number of aliphatic imine (C=N–C) groups is 1. The molecule has 0 amide bonds. The van der Waals surface area contributed by atoms with Crippen LogP contribution in [-0.2, 0) is 17.8 Å². The number of ether oxygens (including phenoxy) is 1. The average molecular weight is 389 g/mol. The normalized spacial score (nSPS) is 17.9. The molecule has 146 valence electrons. The summed E-state index contributed by atoms with van der Waals surface area (Å²) >= 11 is 1.72. The van der Waals surface area contributed by atoms with Crippen molar-refractivity contribution < 1.29 is 4.74 Å². The summed E-state index contributed by atoms with van der Waals surface area (Å²) in [7, 11) is 1.77. The van der Waals surface area contributed by atoms with Crippen molar-refractivity contribution in [3.05, 3.63) is 39.5 Å². The number of hydrogen-bond acceptors (Lipinski definition) is 6. The van der Waals surface area contributed by atoms with Crippen LogP contribution in [0, 0.1) is 13.8 Å². The van der Waals surface area contributed by atoms with Gasteiger partial charge in [-0.3, -0.25) is 4.99 Å². The Morgan fingerprint density at radius 1 is 1.33 bits per heavy atom. The summed E-state index contributed by atoms with van der Waals surface area (Å²) in [5.74, 6) is 1.76.